The molecule has 3 aromatic rings. The van der Waals surface area contributed by atoms with Crippen molar-refractivity contribution in [3.63, 3.8) is 0 Å². The molecule has 2 heterocycles. The third-order valence-electron chi connectivity index (χ3n) is 3.63. The van der Waals surface area contributed by atoms with Gasteiger partial charge in [-0.1, -0.05) is 13.0 Å². The number of aromatic nitrogens is 3. The van der Waals surface area contributed by atoms with Crippen molar-refractivity contribution in [2.45, 2.75) is 19.9 Å². The van der Waals surface area contributed by atoms with E-state index in [0.29, 0.717) is 0 Å². The van der Waals surface area contributed by atoms with Crippen LogP contribution in [0.3, 0.4) is 0 Å². The summed E-state index contributed by atoms with van der Waals surface area (Å²) < 4.78 is 0. The van der Waals surface area contributed by atoms with Crippen molar-refractivity contribution in [1.82, 2.24) is 20.3 Å². The van der Waals surface area contributed by atoms with E-state index in [4.69, 9.17) is 0 Å². The number of hydrogen-bond donors (Lipinski definition) is 1. The second kappa shape index (κ2) is 5.97. The Labute approximate surface area is 124 Å². The highest BCUT2D eigenvalue weighted by Gasteiger charge is 2.16. The lowest BCUT2D eigenvalue weighted by atomic mass is 9.96. The fourth-order valence-corrected chi connectivity index (χ4v) is 2.55. The van der Waals surface area contributed by atoms with E-state index < -0.39 is 0 Å². The molecule has 1 aromatic carbocycles. The van der Waals surface area contributed by atoms with Crippen LogP contribution >= 0.6 is 0 Å². The molecule has 0 saturated carbocycles. The highest BCUT2D eigenvalue weighted by atomic mass is 14.9. The van der Waals surface area contributed by atoms with E-state index in [9.17, 15) is 0 Å². The number of aryl methyl sites for hydroxylation is 1. The third-order valence-corrected chi connectivity index (χ3v) is 3.63. The van der Waals surface area contributed by atoms with Gasteiger partial charge in [0.2, 0.25) is 0 Å². The van der Waals surface area contributed by atoms with Gasteiger partial charge in [-0.25, -0.2) is 0 Å². The highest BCUT2D eigenvalue weighted by Crippen LogP contribution is 2.25. The Balaban J connectivity index is 2.09. The van der Waals surface area contributed by atoms with Gasteiger partial charge < -0.3 is 5.32 Å². The summed E-state index contributed by atoms with van der Waals surface area (Å²) in [6.07, 6.45) is 7.20. The van der Waals surface area contributed by atoms with Gasteiger partial charge in [0, 0.05) is 24.8 Å². The first-order valence-electron chi connectivity index (χ1n) is 7.14. The predicted molar refractivity (Wildman–Crippen MR) is 84.0 cm³/mol. The van der Waals surface area contributed by atoms with Gasteiger partial charge in [-0.3, -0.25) is 15.0 Å². The van der Waals surface area contributed by atoms with Crippen molar-refractivity contribution >= 4 is 11.0 Å². The van der Waals surface area contributed by atoms with Gasteiger partial charge in [0.15, 0.2) is 0 Å². The van der Waals surface area contributed by atoms with Crippen LogP contribution in [0.4, 0.5) is 0 Å². The average molecular weight is 278 g/mol. The number of nitrogens with zero attached hydrogens (tertiary/aromatic N) is 3. The first-order valence-corrected chi connectivity index (χ1v) is 7.14. The third kappa shape index (κ3) is 2.76. The standard InChI is InChI=1S/C17H18N4/c1-3-19-17(14-11-18-7-6-12(14)2)13-4-5-15-16(10-13)21-9-8-20-15/h4-11,17,19H,3H2,1-2H3. The van der Waals surface area contributed by atoms with Crippen molar-refractivity contribution in [1.29, 1.82) is 0 Å². The molecule has 0 aliphatic heterocycles. The van der Waals surface area contributed by atoms with Crippen molar-refractivity contribution in [3.05, 3.63) is 65.7 Å². The van der Waals surface area contributed by atoms with Gasteiger partial charge in [-0.05, 0) is 48.4 Å². The molecule has 2 aromatic heterocycles. The predicted octanol–water partition coefficient (Wildman–Crippen LogP) is 3.03. The molecular weight excluding hydrogens is 260 g/mol. The Morgan fingerprint density at radius 3 is 2.62 bits per heavy atom. The summed E-state index contributed by atoms with van der Waals surface area (Å²) >= 11 is 0. The summed E-state index contributed by atoms with van der Waals surface area (Å²) in [5.74, 6) is 0. The lowest BCUT2D eigenvalue weighted by Gasteiger charge is -2.20. The molecule has 106 valence electrons. The lowest BCUT2D eigenvalue weighted by molar-refractivity contribution is 0.626. The summed E-state index contributed by atoms with van der Waals surface area (Å²) in [4.78, 5) is 13.0. The normalized spacial score (nSPS) is 12.5. The molecule has 4 nitrogen and oxygen atoms in total. The van der Waals surface area contributed by atoms with Crippen LogP contribution in [0.2, 0.25) is 0 Å². The van der Waals surface area contributed by atoms with Crippen LogP contribution in [-0.2, 0) is 0 Å². The van der Waals surface area contributed by atoms with Gasteiger partial charge in [0.05, 0.1) is 17.1 Å². The van der Waals surface area contributed by atoms with Gasteiger partial charge in [0.1, 0.15) is 0 Å². The van der Waals surface area contributed by atoms with Crippen LogP contribution in [-0.4, -0.2) is 21.5 Å². The molecule has 1 N–H and O–H groups in total. The van der Waals surface area contributed by atoms with Gasteiger partial charge >= 0.3 is 0 Å². The minimum absolute atomic E-state index is 0.120. The number of hydrogen-bond acceptors (Lipinski definition) is 4. The lowest BCUT2D eigenvalue weighted by Crippen LogP contribution is -2.23. The molecule has 1 unspecified atom stereocenters. The van der Waals surface area contributed by atoms with Crippen LogP contribution in [0.1, 0.15) is 29.7 Å². The second-order valence-electron chi connectivity index (χ2n) is 5.03. The Hall–Kier alpha value is -2.33. The molecule has 0 aliphatic carbocycles. The van der Waals surface area contributed by atoms with E-state index in [1.165, 1.54) is 16.7 Å². The maximum absolute atomic E-state index is 4.39. The number of fused-ring (bicyclic) bond motifs is 1. The van der Waals surface area contributed by atoms with E-state index in [1.807, 2.05) is 24.5 Å². The molecule has 3 rings (SSSR count). The smallest absolute Gasteiger partial charge is 0.0890 e. The van der Waals surface area contributed by atoms with Crippen LogP contribution in [0.25, 0.3) is 11.0 Å². The summed E-state index contributed by atoms with van der Waals surface area (Å²) in [5, 5.41) is 3.53. The van der Waals surface area contributed by atoms with Crippen LogP contribution in [0, 0.1) is 6.92 Å². The summed E-state index contributed by atoms with van der Waals surface area (Å²) in [6.45, 7) is 5.11. The quantitative estimate of drug-likeness (QED) is 0.797. The SMILES string of the molecule is CCNC(c1ccc2nccnc2c1)c1cnccc1C. The summed E-state index contributed by atoms with van der Waals surface area (Å²) in [6, 6.07) is 8.39. The maximum Gasteiger partial charge on any atom is 0.0890 e. The van der Waals surface area contributed by atoms with E-state index in [0.717, 1.165) is 17.6 Å². The molecule has 0 radical (unpaired) electrons. The monoisotopic (exact) mass is 278 g/mol. The fourth-order valence-electron chi connectivity index (χ4n) is 2.55. The largest absolute Gasteiger partial charge is 0.306 e. The zero-order valence-corrected chi connectivity index (χ0v) is 12.2. The molecule has 0 amide bonds. The number of pyridine rings is 1. The number of nitrogens with one attached hydrogen (secondary N) is 1. The highest BCUT2D eigenvalue weighted by molar-refractivity contribution is 5.74. The molecule has 0 bridgehead atoms. The Kier molecular flexibility index (Phi) is 3.88. The van der Waals surface area contributed by atoms with Crippen LogP contribution in [0.5, 0.6) is 0 Å². The zero-order chi connectivity index (χ0) is 14.7. The Morgan fingerprint density at radius 1 is 1.05 bits per heavy atom. The summed E-state index contributed by atoms with van der Waals surface area (Å²) in [5.41, 5.74) is 5.44. The number of rotatable bonds is 4. The molecular formula is C17H18N4. The minimum Gasteiger partial charge on any atom is -0.306 e. The van der Waals surface area contributed by atoms with E-state index >= 15 is 0 Å². The maximum atomic E-state index is 4.39. The number of benzene rings is 1. The average Bonchev–Trinajstić information content (AvgIpc) is 2.53. The van der Waals surface area contributed by atoms with Gasteiger partial charge in [0.25, 0.3) is 0 Å². The Bertz CT molecular complexity index is 754. The molecule has 4 heteroatoms. The second-order valence-corrected chi connectivity index (χ2v) is 5.03. The molecule has 21 heavy (non-hydrogen) atoms. The first kappa shape index (κ1) is 13.6. The molecule has 1 atom stereocenters. The van der Waals surface area contributed by atoms with Gasteiger partial charge in [-0.15, -0.1) is 0 Å². The fraction of sp³-hybridized carbons (Fsp3) is 0.235. The van der Waals surface area contributed by atoms with Crippen molar-refractivity contribution in [2.24, 2.45) is 0 Å². The molecule has 0 fully saturated rings. The Morgan fingerprint density at radius 2 is 1.86 bits per heavy atom. The van der Waals surface area contributed by atoms with Crippen molar-refractivity contribution < 1.29 is 0 Å². The molecule has 0 spiro atoms. The molecule has 0 aliphatic rings. The van der Waals surface area contributed by atoms with E-state index in [-0.39, 0.29) is 6.04 Å². The van der Waals surface area contributed by atoms with Crippen molar-refractivity contribution in [2.75, 3.05) is 6.54 Å². The van der Waals surface area contributed by atoms with E-state index in [1.54, 1.807) is 12.4 Å². The minimum atomic E-state index is 0.120. The van der Waals surface area contributed by atoms with Crippen LogP contribution in [0.15, 0.2) is 49.1 Å². The topological polar surface area (TPSA) is 50.7 Å². The van der Waals surface area contributed by atoms with Crippen LogP contribution < -0.4 is 5.32 Å². The molecule has 0 saturated heterocycles. The van der Waals surface area contributed by atoms with Gasteiger partial charge in [-0.2, -0.15) is 0 Å². The summed E-state index contributed by atoms with van der Waals surface area (Å²) in [7, 11) is 0. The van der Waals surface area contributed by atoms with Crippen molar-refractivity contribution in [3.8, 4) is 0 Å². The zero-order valence-electron chi connectivity index (χ0n) is 12.2. The van der Waals surface area contributed by atoms with E-state index in [2.05, 4.69) is 46.2 Å². The first-order chi connectivity index (χ1) is 10.3.